The highest BCUT2D eigenvalue weighted by atomic mass is 79.9. The zero-order valence-corrected chi connectivity index (χ0v) is 12.7. The van der Waals surface area contributed by atoms with Crippen LogP contribution in [-0.4, -0.2) is 43.5 Å². The van der Waals surface area contributed by atoms with Crippen molar-refractivity contribution in [2.45, 2.75) is 13.0 Å². The van der Waals surface area contributed by atoms with Gasteiger partial charge in [-0.1, -0.05) is 28.1 Å². The van der Waals surface area contributed by atoms with Gasteiger partial charge >= 0.3 is 0 Å². The number of carbonyl (C=O) groups is 1. The lowest BCUT2D eigenvalue weighted by Crippen LogP contribution is -2.47. The van der Waals surface area contributed by atoms with E-state index in [2.05, 4.69) is 31.5 Å². The molecule has 1 aromatic carbocycles. The molecule has 1 aliphatic heterocycles. The molecule has 0 unspecified atom stereocenters. The van der Waals surface area contributed by atoms with E-state index in [-0.39, 0.29) is 11.9 Å². The zero-order valence-electron chi connectivity index (χ0n) is 11.2. The first kappa shape index (κ1) is 14.5. The first-order chi connectivity index (χ1) is 9.15. The van der Waals surface area contributed by atoms with E-state index in [9.17, 15) is 4.79 Å². The van der Waals surface area contributed by atoms with Crippen LogP contribution in [0.1, 0.15) is 18.5 Å². The van der Waals surface area contributed by atoms with Crippen molar-refractivity contribution in [2.24, 2.45) is 0 Å². The third-order valence-electron chi connectivity index (χ3n) is 3.32. The molecule has 2 N–H and O–H groups in total. The number of piperazine rings is 1. The molecule has 1 aliphatic rings. The van der Waals surface area contributed by atoms with Gasteiger partial charge in [-0.25, -0.2) is 0 Å². The van der Waals surface area contributed by atoms with Crippen LogP contribution in [0, 0.1) is 0 Å². The van der Waals surface area contributed by atoms with Crippen LogP contribution in [-0.2, 0) is 4.79 Å². The first-order valence-corrected chi connectivity index (χ1v) is 7.42. The summed E-state index contributed by atoms with van der Waals surface area (Å²) in [5, 5.41) is 6.33. The van der Waals surface area contributed by atoms with Crippen LogP contribution in [0.2, 0.25) is 0 Å². The van der Waals surface area contributed by atoms with E-state index >= 15 is 0 Å². The van der Waals surface area contributed by atoms with Crippen LogP contribution >= 0.6 is 15.9 Å². The molecule has 1 atom stereocenters. The fraction of sp³-hybridized carbons (Fsp3) is 0.500. The number of hydrogen-bond acceptors (Lipinski definition) is 3. The van der Waals surface area contributed by atoms with Gasteiger partial charge in [0.05, 0.1) is 12.6 Å². The summed E-state index contributed by atoms with van der Waals surface area (Å²) in [5.41, 5.74) is 1.12. The molecule has 0 spiro atoms. The van der Waals surface area contributed by atoms with Crippen LogP contribution in [0.4, 0.5) is 0 Å². The SMILES string of the molecule is C[C@H](NC(=O)CN1CCNCC1)c1ccc(Br)cc1. The van der Waals surface area contributed by atoms with E-state index in [1.165, 1.54) is 0 Å². The maximum absolute atomic E-state index is 12.0. The average Bonchev–Trinajstić information content (AvgIpc) is 2.40. The summed E-state index contributed by atoms with van der Waals surface area (Å²) >= 11 is 3.41. The monoisotopic (exact) mass is 325 g/mol. The molecular weight excluding hydrogens is 306 g/mol. The second-order valence-electron chi connectivity index (χ2n) is 4.87. The summed E-state index contributed by atoms with van der Waals surface area (Å²) in [6.07, 6.45) is 0. The Bertz CT molecular complexity index is 415. The van der Waals surface area contributed by atoms with Gasteiger partial charge in [0, 0.05) is 30.7 Å². The second kappa shape index (κ2) is 7.03. The van der Waals surface area contributed by atoms with Gasteiger partial charge in [0.2, 0.25) is 5.91 Å². The smallest absolute Gasteiger partial charge is 0.234 e. The normalized spacial score (nSPS) is 18.0. The number of halogens is 1. The van der Waals surface area contributed by atoms with Crippen molar-refractivity contribution >= 4 is 21.8 Å². The fourth-order valence-electron chi connectivity index (χ4n) is 2.19. The predicted octanol–water partition coefficient (Wildman–Crippen LogP) is 1.53. The lowest BCUT2D eigenvalue weighted by molar-refractivity contribution is -0.123. The summed E-state index contributed by atoms with van der Waals surface area (Å²) in [4.78, 5) is 14.2. The van der Waals surface area contributed by atoms with Crippen molar-refractivity contribution < 1.29 is 4.79 Å². The molecule has 1 fully saturated rings. The molecular formula is C14H20BrN3O. The van der Waals surface area contributed by atoms with Crippen molar-refractivity contribution in [1.29, 1.82) is 0 Å². The van der Waals surface area contributed by atoms with Gasteiger partial charge in [-0.2, -0.15) is 0 Å². The summed E-state index contributed by atoms with van der Waals surface area (Å²) in [5.74, 6) is 0.0947. The van der Waals surface area contributed by atoms with E-state index in [1.54, 1.807) is 0 Å². The van der Waals surface area contributed by atoms with Crippen LogP contribution in [0.5, 0.6) is 0 Å². The second-order valence-corrected chi connectivity index (χ2v) is 5.78. The standard InChI is InChI=1S/C14H20BrN3O/c1-11(12-2-4-13(15)5-3-12)17-14(19)10-18-8-6-16-7-9-18/h2-5,11,16H,6-10H2,1H3,(H,17,19)/t11-/m0/s1. The molecule has 104 valence electrons. The lowest BCUT2D eigenvalue weighted by Gasteiger charge is -2.27. The highest BCUT2D eigenvalue weighted by Crippen LogP contribution is 2.16. The van der Waals surface area contributed by atoms with Crippen LogP contribution in [0.25, 0.3) is 0 Å². The van der Waals surface area contributed by atoms with E-state index in [0.717, 1.165) is 36.2 Å². The fourth-order valence-corrected chi connectivity index (χ4v) is 2.46. The van der Waals surface area contributed by atoms with Gasteiger partial charge in [0.25, 0.3) is 0 Å². The summed E-state index contributed by atoms with van der Waals surface area (Å²) in [6, 6.07) is 8.09. The van der Waals surface area contributed by atoms with Crippen molar-refractivity contribution in [1.82, 2.24) is 15.5 Å². The Morgan fingerprint density at radius 1 is 1.37 bits per heavy atom. The van der Waals surface area contributed by atoms with Gasteiger partial charge in [-0.05, 0) is 24.6 Å². The molecule has 0 bridgehead atoms. The van der Waals surface area contributed by atoms with E-state index in [0.29, 0.717) is 6.54 Å². The summed E-state index contributed by atoms with van der Waals surface area (Å²) in [6.45, 7) is 6.33. The number of amides is 1. The quantitative estimate of drug-likeness (QED) is 0.882. The Morgan fingerprint density at radius 2 is 2.00 bits per heavy atom. The average molecular weight is 326 g/mol. The lowest BCUT2D eigenvalue weighted by atomic mass is 10.1. The topological polar surface area (TPSA) is 44.4 Å². The van der Waals surface area contributed by atoms with Gasteiger partial charge in [0.15, 0.2) is 0 Å². The van der Waals surface area contributed by atoms with Gasteiger partial charge in [-0.3, -0.25) is 9.69 Å². The number of benzene rings is 1. The van der Waals surface area contributed by atoms with Crippen molar-refractivity contribution in [3.05, 3.63) is 34.3 Å². The minimum Gasteiger partial charge on any atom is -0.348 e. The minimum absolute atomic E-state index is 0.0449. The largest absolute Gasteiger partial charge is 0.348 e. The third-order valence-corrected chi connectivity index (χ3v) is 3.85. The number of carbonyl (C=O) groups excluding carboxylic acids is 1. The molecule has 1 aromatic rings. The maximum Gasteiger partial charge on any atom is 0.234 e. The van der Waals surface area contributed by atoms with Gasteiger partial charge in [0.1, 0.15) is 0 Å². The van der Waals surface area contributed by atoms with Crippen molar-refractivity contribution in [3.8, 4) is 0 Å². The number of nitrogens with zero attached hydrogens (tertiary/aromatic N) is 1. The van der Waals surface area contributed by atoms with Crippen molar-refractivity contribution in [2.75, 3.05) is 32.7 Å². The molecule has 0 aliphatic carbocycles. The van der Waals surface area contributed by atoms with Gasteiger partial charge < -0.3 is 10.6 Å². The molecule has 1 saturated heterocycles. The van der Waals surface area contributed by atoms with Crippen LogP contribution < -0.4 is 10.6 Å². The Labute approximate surface area is 122 Å². The van der Waals surface area contributed by atoms with Crippen LogP contribution in [0.15, 0.2) is 28.7 Å². The maximum atomic E-state index is 12.0. The van der Waals surface area contributed by atoms with E-state index in [1.807, 2.05) is 31.2 Å². The van der Waals surface area contributed by atoms with E-state index in [4.69, 9.17) is 0 Å². The Morgan fingerprint density at radius 3 is 2.63 bits per heavy atom. The highest BCUT2D eigenvalue weighted by molar-refractivity contribution is 9.10. The molecule has 1 heterocycles. The minimum atomic E-state index is 0.0449. The molecule has 4 nitrogen and oxygen atoms in total. The molecule has 0 saturated carbocycles. The zero-order chi connectivity index (χ0) is 13.7. The number of rotatable bonds is 4. The summed E-state index contributed by atoms with van der Waals surface area (Å²) in [7, 11) is 0. The number of nitrogens with one attached hydrogen (secondary N) is 2. The molecule has 5 heteroatoms. The van der Waals surface area contributed by atoms with Crippen molar-refractivity contribution in [3.63, 3.8) is 0 Å². The molecule has 0 radical (unpaired) electrons. The number of hydrogen-bond donors (Lipinski definition) is 2. The third kappa shape index (κ3) is 4.60. The molecule has 0 aromatic heterocycles. The summed E-state index contributed by atoms with van der Waals surface area (Å²) < 4.78 is 1.05. The Kier molecular flexibility index (Phi) is 5.36. The van der Waals surface area contributed by atoms with Crippen LogP contribution in [0.3, 0.4) is 0 Å². The molecule has 1 amide bonds. The first-order valence-electron chi connectivity index (χ1n) is 6.63. The molecule has 19 heavy (non-hydrogen) atoms. The van der Waals surface area contributed by atoms with E-state index < -0.39 is 0 Å². The Hall–Kier alpha value is -0.910. The highest BCUT2D eigenvalue weighted by Gasteiger charge is 2.15. The predicted molar refractivity (Wildman–Crippen MR) is 80.0 cm³/mol. The Balaban J connectivity index is 1.82. The molecule has 2 rings (SSSR count). The van der Waals surface area contributed by atoms with Gasteiger partial charge in [-0.15, -0.1) is 0 Å².